The lowest BCUT2D eigenvalue weighted by Crippen LogP contribution is -2.32. The minimum Gasteiger partial charge on any atom is -0.353 e. The molecular weight excluding hydrogens is 238 g/mol. The van der Waals surface area contributed by atoms with Gasteiger partial charge in [0.05, 0.1) is 0 Å². The van der Waals surface area contributed by atoms with Crippen molar-refractivity contribution in [2.75, 3.05) is 0 Å². The molecule has 1 aromatic carbocycles. The summed E-state index contributed by atoms with van der Waals surface area (Å²) in [5.41, 5.74) is 1.99. The van der Waals surface area contributed by atoms with Crippen molar-refractivity contribution in [2.24, 2.45) is 0 Å². The Balaban J connectivity index is 2.71. The van der Waals surface area contributed by atoms with Crippen LogP contribution >= 0.6 is 0 Å². The molecule has 0 aliphatic carbocycles. The van der Waals surface area contributed by atoms with Crippen LogP contribution in [-0.4, -0.2) is 17.7 Å². The topological polar surface area (TPSA) is 46.2 Å². The van der Waals surface area contributed by atoms with E-state index in [1.807, 2.05) is 31.2 Å². The third-order valence-electron chi connectivity index (χ3n) is 3.01. The summed E-state index contributed by atoms with van der Waals surface area (Å²) in [4.78, 5) is 23.0. The zero-order chi connectivity index (χ0) is 14.6. The van der Waals surface area contributed by atoms with Gasteiger partial charge in [-0.05, 0) is 17.9 Å². The number of Topliss-reactive ketones (excluding diaryl/α,β-unsaturated/α-hetero) is 1. The van der Waals surface area contributed by atoms with Crippen LogP contribution in [0.25, 0.3) is 0 Å². The first kappa shape index (κ1) is 15.4. The number of hydrogen-bond donors (Lipinski definition) is 1. The first-order valence-corrected chi connectivity index (χ1v) is 6.61. The van der Waals surface area contributed by atoms with Crippen molar-refractivity contribution in [1.29, 1.82) is 0 Å². The van der Waals surface area contributed by atoms with Gasteiger partial charge in [-0.15, -0.1) is 0 Å². The van der Waals surface area contributed by atoms with E-state index in [1.165, 1.54) is 12.5 Å². The Morgan fingerprint density at radius 2 is 1.68 bits per heavy atom. The molecule has 0 bridgehead atoms. The smallest absolute Gasteiger partial charge is 0.217 e. The summed E-state index contributed by atoms with van der Waals surface area (Å²) in [7, 11) is 0. The summed E-state index contributed by atoms with van der Waals surface area (Å²) in [5.74, 6) is -0.0508. The molecule has 0 heterocycles. The molecule has 3 heteroatoms. The van der Waals surface area contributed by atoms with Gasteiger partial charge >= 0.3 is 0 Å². The van der Waals surface area contributed by atoms with Crippen LogP contribution in [0.2, 0.25) is 0 Å². The van der Waals surface area contributed by atoms with Crippen molar-refractivity contribution >= 4 is 11.7 Å². The standard InChI is InChI=1S/C16H23NO2/c1-11(17-12(2)18)10-15(19)13-6-8-14(9-7-13)16(3,4)5/h6-9,11H,10H2,1-5H3,(H,17,18). The predicted molar refractivity (Wildman–Crippen MR) is 77.4 cm³/mol. The molecule has 1 amide bonds. The zero-order valence-corrected chi connectivity index (χ0v) is 12.4. The molecule has 104 valence electrons. The third kappa shape index (κ3) is 4.86. The van der Waals surface area contributed by atoms with Gasteiger partial charge in [-0.2, -0.15) is 0 Å². The fraction of sp³-hybridized carbons (Fsp3) is 0.500. The van der Waals surface area contributed by atoms with E-state index >= 15 is 0 Å². The van der Waals surface area contributed by atoms with Gasteiger partial charge < -0.3 is 5.32 Å². The fourth-order valence-electron chi connectivity index (χ4n) is 1.95. The van der Waals surface area contributed by atoms with Crippen LogP contribution in [-0.2, 0) is 10.2 Å². The molecule has 0 fully saturated rings. The Morgan fingerprint density at radius 3 is 2.11 bits per heavy atom. The molecule has 1 atom stereocenters. The zero-order valence-electron chi connectivity index (χ0n) is 12.4. The van der Waals surface area contributed by atoms with Gasteiger partial charge in [0.25, 0.3) is 0 Å². The highest BCUT2D eigenvalue weighted by atomic mass is 16.1. The van der Waals surface area contributed by atoms with Gasteiger partial charge in [0.2, 0.25) is 5.91 Å². The van der Waals surface area contributed by atoms with Gasteiger partial charge in [-0.3, -0.25) is 9.59 Å². The molecule has 0 spiro atoms. The summed E-state index contributed by atoms with van der Waals surface area (Å²) in [6.07, 6.45) is 0.328. The summed E-state index contributed by atoms with van der Waals surface area (Å²) >= 11 is 0. The van der Waals surface area contributed by atoms with E-state index in [1.54, 1.807) is 0 Å². The fourth-order valence-corrected chi connectivity index (χ4v) is 1.95. The summed E-state index contributed by atoms with van der Waals surface area (Å²) in [6, 6.07) is 7.59. The normalized spacial score (nSPS) is 12.9. The summed E-state index contributed by atoms with van der Waals surface area (Å²) in [6.45, 7) is 9.72. The van der Waals surface area contributed by atoms with Crippen molar-refractivity contribution in [3.63, 3.8) is 0 Å². The molecule has 1 rings (SSSR count). The SMILES string of the molecule is CC(=O)NC(C)CC(=O)c1ccc(C(C)(C)C)cc1. The Bertz CT molecular complexity index is 455. The highest BCUT2D eigenvalue weighted by molar-refractivity contribution is 5.96. The molecule has 0 aliphatic rings. The molecule has 0 saturated heterocycles. The lowest BCUT2D eigenvalue weighted by Gasteiger charge is -2.19. The van der Waals surface area contributed by atoms with Crippen LogP contribution in [0.5, 0.6) is 0 Å². The largest absolute Gasteiger partial charge is 0.353 e. The first-order valence-electron chi connectivity index (χ1n) is 6.61. The summed E-state index contributed by atoms with van der Waals surface area (Å²) in [5, 5.41) is 2.72. The molecule has 1 unspecified atom stereocenters. The third-order valence-corrected chi connectivity index (χ3v) is 3.01. The van der Waals surface area contributed by atoms with Crippen molar-refractivity contribution < 1.29 is 9.59 Å². The number of carbonyl (C=O) groups is 2. The van der Waals surface area contributed by atoms with Crippen LogP contribution in [0.4, 0.5) is 0 Å². The molecule has 0 radical (unpaired) electrons. The van der Waals surface area contributed by atoms with E-state index in [0.29, 0.717) is 12.0 Å². The Morgan fingerprint density at radius 1 is 1.16 bits per heavy atom. The Kier molecular flexibility index (Phi) is 4.87. The Hall–Kier alpha value is -1.64. The highest BCUT2D eigenvalue weighted by Crippen LogP contribution is 2.22. The number of hydrogen-bond acceptors (Lipinski definition) is 2. The van der Waals surface area contributed by atoms with Crippen LogP contribution in [0, 0.1) is 0 Å². The van der Waals surface area contributed by atoms with Crippen molar-refractivity contribution in [3.05, 3.63) is 35.4 Å². The van der Waals surface area contributed by atoms with Gasteiger partial charge in [-0.1, -0.05) is 45.0 Å². The lowest BCUT2D eigenvalue weighted by atomic mass is 9.86. The number of amides is 1. The molecule has 19 heavy (non-hydrogen) atoms. The number of rotatable bonds is 4. The quantitative estimate of drug-likeness (QED) is 0.847. The van der Waals surface area contributed by atoms with Crippen molar-refractivity contribution in [2.45, 2.75) is 52.5 Å². The lowest BCUT2D eigenvalue weighted by molar-refractivity contribution is -0.119. The monoisotopic (exact) mass is 261 g/mol. The first-order chi connectivity index (χ1) is 8.70. The van der Waals surface area contributed by atoms with Crippen LogP contribution in [0.15, 0.2) is 24.3 Å². The van der Waals surface area contributed by atoms with Crippen LogP contribution in [0.1, 0.15) is 57.0 Å². The maximum atomic E-state index is 12.0. The molecule has 1 N–H and O–H groups in total. The second-order valence-corrected chi connectivity index (χ2v) is 6.06. The van der Waals surface area contributed by atoms with Gasteiger partial charge in [0, 0.05) is 24.9 Å². The van der Waals surface area contributed by atoms with Gasteiger partial charge in [-0.25, -0.2) is 0 Å². The second kappa shape index (κ2) is 6.00. The van der Waals surface area contributed by atoms with Crippen LogP contribution < -0.4 is 5.32 Å². The average molecular weight is 261 g/mol. The maximum Gasteiger partial charge on any atom is 0.217 e. The predicted octanol–water partition coefficient (Wildman–Crippen LogP) is 3.08. The Labute approximate surface area is 115 Å². The number of ketones is 1. The van der Waals surface area contributed by atoms with E-state index < -0.39 is 0 Å². The van der Waals surface area contributed by atoms with E-state index in [-0.39, 0.29) is 23.1 Å². The van der Waals surface area contributed by atoms with Crippen LogP contribution in [0.3, 0.4) is 0 Å². The van der Waals surface area contributed by atoms with Gasteiger partial charge in [0.15, 0.2) is 5.78 Å². The molecule has 0 aliphatic heterocycles. The maximum absolute atomic E-state index is 12.0. The van der Waals surface area contributed by atoms with Crippen molar-refractivity contribution in [1.82, 2.24) is 5.32 Å². The molecule has 0 aromatic heterocycles. The van der Waals surface area contributed by atoms with E-state index in [0.717, 1.165) is 0 Å². The molecular formula is C16H23NO2. The van der Waals surface area contributed by atoms with E-state index in [9.17, 15) is 9.59 Å². The molecule has 1 aromatic rings. The highest BCUT2D eigenvalue weighted by Gasteiger charge is 2.15. The minimum absolute atomic E-state index is 0.0571. The average Bonchev–Trinajstić information content (AvgIpc) is 2.26. The number of carbonyl (C=O) groups excluding carboxylic acids is 2. The minimum atomic E-state index is -0.132. The number of benzene rings is 1. The van der Waals surface area contributed by atoms with Gasteiger partial charge in [0.1, 0.15) is 0 Å². The molecule has 3 nitrogen and oxygen atoms in total. The number of nitrogens with one attached hydrogen (secondary N) is 1. The van der Waals surface area contributed by atoms with E-state index in [2.05, 4.69) is 26.1 Å². The molecule has 0 saturated carbocycles. The van der Waals surface area contributed by atoms with Crippen molar-refractivity contribution in [3.8, 4) is 0 Å². The van der Waals surface area contributed by atoms with E-state index in [4.69, 9.17) is 0 Å². The summed E-state index contributed by atoms with van der Waals surface area (Å²) < 4.78 is 0. The second-order valence-electron chi connectivity index (χ2n) is 6.06.